The number of thiophene rings is 1. The number of rotatable bonds is 4. The Kier molecular flexibility index (Phi) is 4.73. The molecule has 0 amide bonds. The molecule has 1 N–H and O–H groups in total. The predicted octanol–water partition coefficient (Wildman–Crippen LogP) is 3.61. The van der Waals surface area contributed by atoms with Crippen molar-refractivity contribution in [2.45, 2.75) is 26.3 Å². The molecule has 0 radical (unpaired) electrons. The second-order valence-electron chi connectivity index (χ2n) is 5.73. The molecule has 1 unspecified atom stereocenters. The molecule has 112 valence electrons. The highest BCUT2D eigenvalue weighted by Gasteiger charge is 2.24. The molecule has 3 rings (SSSR count). The minimum atomic E-state index is 0.414. The van der Waals surface area contributed by atoms with Gasteiger partial charge in [-0.3, -0.25) is 4.90 Å². The number of piperazine rings is 1. The van der Waals surface area contributed by atoms with Gasteiger partial charge >= 0.3 is 0 Å². The van der Waals surface area contributed by atoms with Crippen LogP contribution >= 0.6 is 11.3 Å². The van der Waals surface area contributed by atoms with Crippen molar-refractivity contribution in [3.8, 4) is 0 Å². The van der Waals surface area contributed by atoms with E-state index < -0.39 is 0 Å². The van der Waals surface area contributed by atoms with Crippen LogP contribution < -0.4 is 5.32 Å². The minimum Gasteiger partial charge on any atom is -0.314 e. The second-order valence-corrected chi connectivity index (χ2v) is 7.05. The number of nitrogens with zero attached hydrogens (tertiary/aromatic N) is 1. The third-order valence-corrected chi connectivity index (χ3v) is 5.30. The minimum absolute atomic E-state index is 0.414. The van der Waals surface area contributed by atoms with E-state index in [1.54, 1.807) is 0 Å². The molecular formula is C18H24N2S. The molecule has 2 aromatic rings. The van der Waals surface area contributed by atoms with Gasteiger partial charge in [0.1, 0.15) is 0 Å². The number of hydrogen-bond acceptors (Lipinski definition) is 3. The molecule has 0 spiro atoms. The van der Waals surface area contributed by atoms with E-state index in [2.05, 4.69) is 60.5 Å². The fraction of sp³-hybridized carbons (Fsp3) is 0.444. The molecule has 0 aliphatic carbocycles. The third-order valence-electron chi connectivity index (χ3n) is 4.25. The summed E-state index contributed by atoms with van der Waals surface area (Å²) < 4.78 is 0. The van der Waals surface area contributed by atoms with Gasteiger partial charge in [-0.1, -0.05) is 31.2 Å². The van der Waals surface area contributed by atoms with Crippen LogP contribution in [0.4, 0.5) is 0 Å². The highest BCUT2D eigenvalue weighted by atomic mass is 32.1. The zero-order chi connectivity index (χ0) is 14.7. The average Bonchev–Trinajstić information content (AvgIpc) is 2.95. The first kappa shape index (κ1) is 14.8. The van der Waals surface area contributed by atoms with Gasteiger partial charge in [0, 0.05) is 35.9 Å². The van der Waals surface area contributed by atoms with Crippen molar-refractivity contribution in [3.05, 3.63) is 57.3 Å². The van der Waals surface area contributed by atoms with E-state index in [1.165, 1.54) is 20.9 Å². The summed E-state index contributed by atoms with van der Waals surface area (Å²) in [5.74, 6) is 0. The maximum absolute atomic E-state index is 3.46. The van der Waals surface area contributed by atoms with Crippen molar-refractivity contribution in [3.63, 3.8) is 0 Å². The molecule has 3 heteroatoms. The van der Waals surface area contributed by atoms with Crippen LogP contribution in [0.2, 0.25) is 0 Å². The van der Waals surface area contributed by atoms with Gasteiger partial charge in [0.25, 0.3) is 0 Å². The molecule has 0 saturated carbocycles. The van der Waals surface area contributed by atoms with Gasteiger partial charge in [0.2, 0.25) is 0 Å². The fourth-order valence-corrected chi connectivity index (χ4v) is 4.07. The molecule has 1 aromatic carbocycles. The van der Waals surface area contributed by atoms with Crippen molar-refractivity contribution in [2.24, 2.45) is 0 Å². The van der Waals surface area contributed by atoms with E-state index >= 15 is 0 Å². The van der Waals surface area contributed by atoms with Crippen LogP contribution in [-0.2, 0) is 6.42 Å². The smallest absolute Gasteiger partial charge is 0.0697 e. The van der Waals surface area contributed by atoms with Gasteiger partial charge in [0.15, 0.2) is 0 Å². The number of hydrogen-bond donors (Lipinski definition) is 1. The van der Waals surface area contributed by atoms with Crippen LogP contribution in [0.5, 0.6) is 0 Å². The average molecular weight is 300 g/mol. The summed E-state index contributed by atoms with van der Waals surface area (Å²) in [6, 6.07) is 14.2. The first-order valence-corrected chi connectivity index (χ1v) is 8.69. The summed E-state index contributed by atoms with van der Waals surface area (Å²) in [7, 11) is 0. The van der Waals surface area contributed by atoms with E-state index in [0.29, 0.717) is 6.04 Å². The maximum Gasteiger partial charge on any atom is 0.0697 e. The van der Waals surface area contributed by atoms with Crippen LogP contribution in [0.25, 0.3) is 0 Å². The zero-order valence-electron chi connectivity index (χ0n) is 12.9. The van der Waals surface area contributed by atoms with Gasteiger partial charge in [-0.05, 0) is 36.6 Å². The lowest BCUT2D eigenvalue weighted by molar-refractivity contribution is 0.200. The Labute approximate surface area is 131 Å². The molecule has 1 fully saturated rings. The van der Waals surface area contributed by atoms with Crippen LogP contribution in [0.3, 0.4) is 0 Å². The summed E-state index contributed by atoms with van der Waals surface area (Å²) >= 11 is 1.93. The van der Waals surface area contributed by atoms with Gasteiger partial charge in [-0.2, -0.15) is 0 Å². The molecule has 1 aliphatic rings. The topological polar surface area (TPSA) is 15.3 Å². The monoisotopic (exact) mass is 300 g/mol. The molecule has 21 heavy (non-hydrogen) atoms. The standard InChI is InChI=1S/C18H24N2S/c1-3-15-5-7-16(8-6-15)18(17-9-4-14(2)21-17)20-12-10-19-11-13-20/h4-9,18-19H,3,10-13H2,1-2H3. The van der Waals surface area contributed by atoms with E-state index in [1.807, 2.05) is 11.3 Å². The first-order chi connectivity index (χ1) is 10.3. The van der Waals surface area contributed by atoms with Crippen LogP contribution in [-0.4, -0.2) is 31.1 Å². The summed E-state index contributed by atoms with van der Waals surface area (Å²) in [5, 5.41) is 3.46. The highest BCUT2D eigenvalue weighted by molar-refractivity contribution is 7.12. The fourth-order valence-electron chi connectivity index (χ4n) is 3.03. The molecule has 1 aliphatic heterocycles. The Balaban J connectivity index is 1.93. The largest absolute Gasteiger partial charge is 0.314 e. The number of benzene rings is 1. The molecular weight excluding hydrogens is 276 g/mol. The van der Waals surface area contributed by atoms with E-state index in [9.17, 15) is 0 Å². The van der Waals surface area contributed by atoms with Crippen LogP contribution in [0, 0.1) is 6.92 Å². The van der Waals surface area contributed by atoms with Crippen LogP contribution in [0.1, 0.15) is 33.8 Å². The summed E-state index contributed by atoms with van der Waals surface area (Å²) in [6.07, 6.45) is 1.11. The summed E-state index contributed by atoms with van der Waals surface area (Å²) in [4.78, 5) is 5.48. The van der Waals surface area contributed by atoms with Crippen molar-refractivity contribution in [1.29, 1.82) is 0 Å². The molecule has 2 heterocycles. The predicted molar refractivity (Wildman–Crippen MR) is 91.2 cm³/mol. The molecule has 1 aromatic heterocycles. The quantitative estimate of drug-likeness (QED) is 0.928. The Morgan fingerprint density at radius 3 is 2.38 bits per heavy atom. The Hall–Kier alpha value is -1.16. The van der Waals surface area contributed by atoms with Crippen molar-refractivity contribution < 1.29 is 0 Å². The Bertz CT molecular complexity index is 567. The lowest BCUT2D eigenvalue weighted by atomic mass is 10.0. The zero-order valence-corrected chi connectivity index (χ0v) is 13.7. The van der Waals surface area contributed by atoms with Crippen molar-refractivity contribution in [1.82, 2.24) is 10.2 Å². The molecule has 2 nitrogen and oxygen atoms in total. The lowest BCUT2D eigenvalue weighted by Crippen LogP contribution is -2.45. The van der Waals surface area contributed by atoms with Crippen molar-refractivity contribution >= 4 is 11.3 Å². The highest BCUT2D eigenvalue weighted by Crippen LogP contribution is 2.33. The first-order valence-electron chi connectivity index (χ1n) is 7.88. The lowest BCUT2D eigenvalue weighted by Gasteiger charge is -2.34. The number of aryl methyl sites for hydroxylation is 2. The molecule has 0 bridgehead atoms. The Morgan fingerprint density at radius 2 is 1.81 bits per heavy atom. The van der Waals surface area contributed by atoms with Gasteiger partial charge in [-0.15, -0.1) is 11.3 Å². The molecule has 1 saturated heterocycles. The third kappa shape index (κ3) is 3.37. The van der Waals surface area contributed by atoms with Crippen molar-refractivity contribution in [2.75, 3.05) is 26.2 Å². The summed E-state index contributed by atoms with van der Waals surface area (Å²) in [6.45, 7) is 8.84. The number of nitrogens with one attached hydrogen (secondary N) is 1. The van der Waals surface area contributed by atoms with Gasteiger partial charge < -0.3 is 5.32 Å². The van der Waals surface area contributed by atoms with Gasteiger partial charge in [-0.25, -0.2) is 0 Å². The SMILES string of the molecule is CCc1ccc(C(c2ccc(C)s2)N2CCNCC2)cc1. The van der Waals surface area contributed by atoms with Gasteiger partial charge in [0.05, 0.1) is 6.04 Å². The second kappa shape index (κ2) is 6.73. The van der Waals surface area contributed by atoms with E-state index in [0.717, 1.165) is 32.6 Å². The van der Waals surface area contributed by atoms with Crippen LogP contribution in [0.15, 0.2) is 36.4 Å². The molecule has 1 atom stereocenters. The van der Waals surface area contributed by atoms with E-state index in [4.69, 9.17) is 0 Å². The normalized spacial score (nSPS) is 17.8. The maximum atomic E-state index is 3.46. The van der Waals surface area contributed by atoms with E-state index in [-0.39, 0.29) is 0 Å². The Morgan fingerprint density at radius 1 is 1.10 bits per heavy atom. The summed E-state index contributed by atoms with van der Waals surface area (Å²) in [5.41, 5.74) is 2.84.